The standard InChI is InChI=1S/C23H28F2N4O2/c24-20-6-2-18(3-7-20)10-12-26-22(30)28-14-1-15-29(17-16-28)23(31)27-13-11-19-4-8-21(25)9-5-19/h2-9H,1,10-17H2,(H,26,30)(H,27,31). The molecule has 1 aliphatic rings. The number of rotatable bonds is 6. The molecule has 0 spiro atoms. The van der Waals surface area contributed by atoms with Crippen LogP contribution in [0, 0.1) is 11.6 Å². The minimum atomic E-state index is -0.276. The Morgan fingerprint density at radius 2 is 1.06 bits per heavy atom. The molecule has 1 fully saturated rings. The number of halogens is 2. The Hall–Kier alpha value is -3.16. The van der Waals surface area contributed by atoms with Crippen molar-refractivity contribution in [3.05, 3.63) is 71.3 Å². The summed E-state index contributed by atoms with van der Waals surface area (Å²) in [6.45, 7) is 3.04. The van der Waals surface area contributed by atoms with E-state index < -0.39 is 0 Å². The Morgan fingerprint density at radius 1 is 0.677 bits per heavy atom. The highest BCUT2D eigenvalue weighted by molar-refractivity contribution is 5.75. The molecule has 0 radical (unpaired) electrons. The summed E-state index contributed by atoms with van der Waals surface area (Å²) in [6, 6.07) is 12.2. The van der Waals surface area contributed by atoms with E-state index in [9.17, 15) is 18.4 Å². The molecule has 2 aromatic rings. The first-order valence-electron chi connectivity index (χ1n) is 10.6. The normalized spacial score (nSPS) is 14.1. The first-order valence-corrected chi connectivity index (χ1v) is 10.6. The Morgan fingerprint density at radius 3 is 1.45 bits per heavy atom. The van der Waals surface area contributed by atoms with Gasteiger partial charge in [-0.2, -0.15) is 0 Å². The molecule has 8 heteroatoms. The lowest BCUT2D eigenvalue weighted by atomic mass is 10.1. The molecule has 4 amide bonds. The third kappa shape index (κ3) is 7.24. The largest absolute Gasteiger partial charge is 0.338 e. The molecular weight excluding hydrogens is 402 g/mol. The molecule has 2 aromatic carbocycles. The van der Waals surface area contributed by atoms with Crippen LogP contribution in [0.15, 0.2) is 48.5 Å². The zero-order valence-electron chi connectivity index (χ0n) is 17.4. The predicted octanol–water partition coefficient (Wildman–Crippen LogP) is 3.18. The maximum Gasteiger partial charge on any atom is 0.317 e. The maximum absolute atomic E-state index is 12.9. The van der Waals surface area contributed by atoms with Gasteiger partial charge in [0.25, 0.3) is 0 Å². The molecule has 0 bridgehead atoms. The van der Waals surface area contributed by atoms with Gasteiger partial charge in [-0.1, -0.05) is 24.3 Å². The number of urea groups is 2. The van der Waals surface area contributed by atoms with Gasteiger partial charge >= 0.3 is 12.1 Å². The predicted molar refractivity (Wildman–Crippen MR) is 115 cm³/mol. The smallest absolute Gasteiger partial charge is 0.317 e. The fraction of sp³-hybridized carbons (Fsp3) is 0.391. The highest BCUT2D eigenvalue weighted by Gasteiger charge is 2.21. The van der Waals surface area contributed by atoms with E-state index in [1.54, 1.807) is 34.1 Å². The van der Waals surface area contributed by atoms with Crippen LogP contribution in [-0.4, -0.2) is 61.1 Å². The number of carbonyl (C=O) groups excluding carboxylic acids is 2. The van der Waals surface area contributed by atoms with Gasteiger partial charge in [-0.3, -0.25) is 0 Å². The van der Waals surface area contributed by atoms with E-state index in [0.717, 1.165) is 11.1 Å². The van der Waals surface area contributed by atoms with E-state index in [4.69, 9.17) is 0 Å². The van der Waals surface area contributed by atoms with E-state index >= 15 is 0 Å². The molecule has 0 atom stereocenters. The van der Waals surface area contributed by atoms with Crippen LogP contribution in [0.5, 0.6) is 0 Å². The summed E-state index contributed by atoms with van der Waals surface area (Å²) in [6.07, 6.45) is 1.96. The van der Waals surface area contributed by atoms with Crippen LogP contribution in [0.2, 0.25) is 0 Å². The summed E-state index contributed by atoms with van der Waals surface area (Å²) < 4.78 is 25.9. The minimum absolute atomic E-state index is 0.152. The second-order valence-corrected chi connectivity index (χ2v) is 7.54. The lowest BCUT2D eigenvalue weighted by Crippen LogP contribution is -2.45. The third-order valence-corrected chi connectivity index (χ3v) is 5.28. The van der Waals surface area contributed by atoms with E-state index in [1.807, 2.05) is 0 Å². The van der Waals surface area contributed by atoms with Gasteiger partial charge in [0.05, 0.1) is 0 Å². The molecule has 0 unspecified atom stereocenters. The van der Waals surface area contributed by atoms with E-state index in [2.05, 4.69) is 10.6 Å². The maximum atomic E-state index is 12.9. The van der Waals surface area contributed by atoms with E-state index in [1.165, 1.54) is 24.3 Å². The number of nitrogens with one attached hydrogen (secondary N) is 2. The number of carbonyl (C=O) groups is 2. The van der Waals surface area contributed by atoms with Gasteiger partial charge in [0.15, 0.2) is 0 Å². The molecule has 0 aromatic heterocycles. The fourth-order valence-electron chi connectivity index (χ4n) is 3.48. The molecule has 3 rings (SSSR count). The Kier molecular flexibility index (Phi) is 8.20. The lowest BCUT2D eigenvalue weighted by Gasteiger charge is -2.22. The van der Waals surface area contributed by atoms with Gasteiger partial charge in [-0.05, 0) is 54.7 Å². The van der Waals surface area contributed by atoms with Gasteiger partial charge in [-0.25, -0.2) is 18.4 Å². The molecule has 1 heterocycles. The third-order valence-electron chi connectivity index (χ3n) is 5.28. The van der Waals surface area contributed by atoms with Crippen molar-refractivity contribution in [3.8, 4) is 0 Å². The second kappa shape index (κ2) is 11.3. The highest BCUT2D eigenvalue weighted by Crippen LogP contribution is 2.06. The summed E-state index contributed by atoms with van der Waals surface area (Å²) >= 11 is 0. The number of hydrogen-bond acceptors (Lipinski definition) is 2. The van der Waals surface area contributed by atoms with E-state index in [0.29, 0.717) is 58.5 Å². The molecule has 2 N–H and O–H groups in total. The van der Waals surface area contributed by atoms with Gasteiger partial charge in [-0.15, -0.1) is 0 Å². The SMILES string of the molecule is O=C(NCCc1ccc(F)cc1)N1CCCN(C(=O)NCCc2ccc(F)cc2)CC1. The molecule has 1 saturated heterocycles. The monoisotopic (exact) mass is 430 g/mol. The van der Waals surface area contributed by atoms with Crippen LogP contribution in [0.1, 0.15) is 17.5 Å². The second-order valence-electron chi connectivity index (χ2n) is 7.54. The van der Waals surface area contributed by atoms with Crippen molar-refractivity contribution >= 4 is 12.1 Å². The number of nitrogens with zero attached hydrogens (tertiary/aromatic N) is 2. The zero-order valence-corrected chi connectivity index (χ0v) is 17.4. The molecule has 1 aliphatic heterocycles. The zero-order chi connectivity index (χ0) is 22.1. The molecule has 31 heavy (non-hydrogen) atoms. The summed E-state index contributed by atoms with van der Waals surface area (Å²) in [5.41, 5.74) is 1.92. The molecule has 0 saturated carbocycles. The fourth-order valence-corrected chi connectivity index (χ4v) is 3.48. The van der Waals surface area contributed by atoms with Crippen molar-refractivity contribution in [3.63, 3.8) is 0 Å². The first kappa shape index (κ1) is 22.5. The van der Waals surface area contributed by atoms with Gasteiger partial charge in [0.1, 0.15) is 11.6 Å². The molecule has 166 valence electrons. The molecular formula is C23H28F2N4O2. The van der Waals surface area contributed by atoms with Gasteiger partial charge in [0.2, 0.25) is 0 Å². The van der Waals surface area contributed by atoms with Crippen LogP contribution >= 0.6 is 0 Å². The Bertz CT molecular complexity index is 787. The van der Waals surface area contributed by atoms with Gasteiger partial charge < -0.3 is 20.4 Å². The summed E-state index contributed by atoms with van der Waals surface area (Å²) in [7, 11) is 0. The summed E-state index contributed by atoms with van der Waals surface area (Å²) in [4.78, 5) is 28.3. The van der Waals surface area contributed by atoms with Crippen molar-refractivity contribution in [1.82, 2.24) is 20.4 Å². The van der Waals surface area contributed by atoms with Gasteiger partial charge in [0, 0.05) is 39.3 Å². The number of hydrogen-bond donors (Lipinski definition) is 2. The van der Waals surface area contributed by atoms with Crippen LogP contribution < -0.4 is 10.6 Å². The van der Waals surface area contributed by atoms with Crippen molar-refractivity contribution in [1.29, 1.82) is 0 Å². The van der Waals surface area contributed by atoms with Crippen molar-refractivity contribution in [2.24, 2.45) is 0 Å². The molecule has 6 nitrogen and oxygen atoms in total. The lowest BCUT2D eigenvalue weighted by molar-refractivity contribution is 0.191. The first-order chi connectivity index (χ1) is 15.0. The van der Waals surface area contributed by atoms with Crippen LogP contribution in [0.4, 0.5) is 18.4 Å². The van der Waals surface area contributed by atoms with Crippen molar-refractivity contribution in [2.45, 2.75) is 19.3 Å². The van der Waals surface area contributed by atoms with Crippen LogP contribution in [0.25, 0.3) is 0 Å². The Labute approximate surface area is 181 Å². The highest BCUT2D eigenvalue weighted by atomic mass is 19.1. The summed E-state index contributed by atoms with van der Waals surface area (Å²) in [5.74, 6) is -0.553. The average Bonchev–Trinajstić information content (AvgIpc) is 3.03. The summed E-state index contributed by atoms with van der Waals surface area (Å²) in [5, 5.41) is 5.78. The average molecular weight is 430 g/mol. The van der Waals surface area contributed by atoms with E-state index in [-0.39, 0.29) is 23.7 Å². The quantitative estimate of drug-likeness (QED) is 0.739. The van der Waals surface area contributed by atoms with Crippen molar-refractivity contribution < 1.29 is 18.4 Å². The van der Waals surface area contributed by atoms with Crippen LogP contribution in [-0.2, 0) is 12.8 Å². The minimum Gasteiger partial charge on any atom is -0.338 e. The number of benzene rings is 2. The van der Waals surface area contributed by atoms with Crippen molar-refractivity contribution in [2.75, 3.05) is 39.3 Å². The topological polar surface area (TPSA) is 64.7 Å². The molecule has 0 aliphatic carbocycles. The number of amides is 4. The van der Waals surface area contributed by atoms with Crippen LogP contribution in [0.3, 0.4) is 0 Å². The Balaban J connectivity index is 1.36.